The summed E-state index contributed by atoms with van der Waals surface area (Å²) in [5.41, 5.74) is 4.78. The van der Waals surface area contributed by atoms with Crippen LogP contribution in [0, 0.1) is 20.8 Å². The van der Waals surface area contributed by atoms with Crippen LogP contribution >= 0.6 is 0 Å². The highest BCUT2D eigenvalue weighted by atomic mass is 32.2. The Morgan fingerprint density at radius 2 is 1.49 bits per heavy atom. The molecule has 0 atom stereocenters. The first-order valence-corrected chi connectivity index (χ1v) is 13.4. The minimum absolute atomic E-state index is 0.182. The van der Waals surface area contributed by atoms with E-state index in [1.165, 1.54) is 9.87 Å². The van der Waals surface area contributed by atoms with Gasteiger partial charge in [0.1, 0.15) is 6.54 Å². The molecule has 4 rings (SSSR count). The van der Waals surface area contributed by atoms with E-state index in [9.17, 15) is 13.2 Å². The number of sulfonamides is 1. The van der Waals surface area contributed by atoms with Crippen LogP contribution in [0.5, 0.6) is 0 Å². The van der Waals surface area contributed by atoms with Crippen molar-refractivity contribution in [2.45, 2.75) is 32.2 Å². The van der Waals surface area contributed by atoms with Crippen LogP contribution < -0.4 is 4.31 Å². The number of benzene rings is 3. The fraction of sp³-hybridized carbons (Fsp3) is 0.321. The number of piperazine rings is 1. The first-order chi connectivity index (χ1) is 16.7. The maximum Gasteiger partial charge on any atom is 0.264 e. The fourth-order valence-electron chi connectivity index (χ4n) is 4.25. The van der Waals surface area contributed by atoms with Crippen LogP contribution in [0.3, 0.4) is 0 Å². The molecule has 3 aromatic rings. The average molecular weight is 492 g/mol. The summed E-state index contributed by atoms with van der Waals surface area (Å²) in [4.78, 5) is 17.6. The summed E-state index contributed by atoms with van der Waals surface area (Å²) in [6, 6.07) is 22.6. The first kappa shape index (κ1) is 24.9. The maximum atomic E-state index is 13.7. The molecule has 1 amide bonds. The number of carbonyl (C=O) groups excluding carboxylic acids is 1. The Balaban J connectivity index is 1.51. The lowest BCUT2D eigenvalue weighted by molar-refractivity contribution is -0.131. The SMILES string of the molecule is Cc1ccc(S(=O)(=O)N(CC(=O)N2CCN(Cc3ccccc3)CC2)c2ccc(C)c(C)c2)cc1. The standard InChI is InChI=1S/C28H33N3O3S/c1-22-9-13-27(14-10-22)35(33,34)31(26-12-11-23(2)24(3)19-26)21-28(32)30-17-15-29(16-18-30)20-25-7-5-4-6-8-25/h4-14,19H,15-18,20-21H2,1-3H3. The number of aryl methyl sites for hydroxylation is 3. The highest BCUT2D eigenvalue weighted by molar-refractivity contribution is 7.92. The highest BCUT2D eigenvalue weighted by Crippen LogP contribution is 2.26. The van der Waals surface area contributed by atoms with E-state index < -0.39 is 10.0 Å². The van der Waals surface area contributed by atoms with Crippen molar-refractivity contribution in [3.63, 3.8) is 0 Å². The van der Waals surface area contributed by atoms with Gasteiger partial charge in [0.05, 0.1) is 10.6 Å². The van der Waals surface area contributed by atoms with Crippen molar-refractivity contribution < 1.29 is 13.2 Å². The van der Waals surface area contributed by atoms with Gasteiger partial charge in [0, 0.05) is 32.7 Å². The topological polar surface area (TPSA) is 60.9 Å². The van der Waals surface area contributed by atoms with Gasteiger partial charge in [0.2, 0.25) is 5.91 Å². The number of anilines is 1. The van der Waals surface area contributed by atoms with Gasteiger partial charge in [-0.05, 0) is 61.7 Å². The molecule has 0 aliphatic carbocycles. The van der Waals surface area contributed by atoms with Crippen LogP contribution in [0.25, 0.3) is 0 Å². The molecule has 1 heterocycles. The monoisotopic (exact) mass is 491 g/mol. The van der Waals surface area contributed by atoms with Gasteiger partial charge in [-0.1, -0.05) is 54.1 Å². The van der Waals surface area contributed by atoms with Gasteiger partial charge in [-0.25, -0.2) is 8.42 Å². The molecule has 6 nitrogen and oxygen atoms in total. The summed E-state index contributed by atoms with van der Waals surface area (Å²) in [6.07, 6.45) is 0. The summed E-state index contributed by atoms with van der Waals surface area (Å²) >= 11 is 0. The molecule has 184 valence electrons. The van der Waals surface area contributed by atoms with Crippen LogP contribution in [0.1, 0.15) is 22.3 Å². The molecule has 3 aromatic carbocycles. The molecule has 0 bridgehead atoms. The van der Waals surface area contributed by atoms with Gasteiger partial charge in [-0.15, -0.1) is 0 Å². The molecule has 35 heavy (non-hydrogen) atoms. The second-order valence-corrected chi connectivity index (χ2v) is 11.1. The normalized spacial score (nSPS) is 14.7. The van der Waals surface area contributed by atoms with E-state index in [2.05, 4.69) is 17.0 Å². The van der Waals surface area contributed by atoms with Crippen molar-refractivity contribution in [1.82, 2.24) is 9.80 Å². The summed E-state index contributed by atoms with van der Waals surface area (Å²) in [6.45, 7) is 9.15. The minimum atomic E-state index is -3.91. The van der Waals surface area contributed by atoms with E-state index >= 15 is 0 Å². The zero-order valence-electron chi connectivity index (χ0n) is 20.6. The Kier molecular flexibility index (Phi) is 7.57. The maximum absolute atomic E-state index is 13.7. The van der Waals surface area contributed by atoms with Crippen LogP contribution in [0.15, 0.2) is 77.7 Å². The van der Waals surface area contributed by atoms with Crippen molar-refractivity contribution in [1.29, 1.82) is 0 Å². The van der Waals surface area contributed by atoms with Gasteiger partial charge in [-0.2, -0.15) is 0 Å². The molecule has 0 radical (unpaired) electrons. The second-order valence-electron chi connectivity index (χ2n) is 9.24. The summed E-state index contributed by atoms with van der Waals surface area (Å²) < 4.78 is 28.6. The Morgan fingerprint density at radius 1 is 0.829 bits per heavy atom. The number of amides is 1. The Labute approximate surface area is 208 Å². The molecule has 0 N–H and O–H groups in total. The zero-order chi connectivity index (χ0) is 25.0. The molecule has 0 aromatic heterocycles. The van der Waals surface area contributed by atoms with Gasteiger partial charge in [0.25, 0.3) is 10.0 Å². The molecule has 7 heteroatoms. The largest absolute Gasteiger partial charge is 0.339 e. The number of hydrogen-bond donors (Lipinski definition) is 0. The van der Waals surface area contributed by atoms with Crippen molar-refractivity contribution in [3.05, 3.63) is 95.1 Å². The Morgan fingerprint density at radius 3 is 2.11 bits per heavy atom. The smallest absolute Gasteiger partial charge is 0.264 e. The Bertz CT molecular complexity index is 1270. The third kappa shape index (κ3) is 5.92. The van der Waals surface area contributed by atoms with Crippen LogP contribution in [0.2, 0.25) is 0 Å². The number of hydrogen-bond acceptors (Lipinski definition) is 4. The third-order valence-corrected chi connectivity index (χ3v) is 8.43. The molecule has 1 fully saturated rings. The van der Waals surface area contributed by atoms with E-state index in [4.69, 9.17) is 0 Å². The number of nitrogens with zero attached hydrogens (tertiary/aromatic N) is 3. The average Bonchev–Trinajstić information content (AvgIpc) is 2.85. The first-order valence-electron chi connectivity index (χ1n) is 11.9. The number of carbonyl (C=O) groups is 1. The zero-order valence-corrected chi connectivity index (χ0v) is 21.5. The van der Waals surface area contributed by atoms with Gasteiger partial charge in [0.15, 0.2) is 0 Å². The molecular formula is C28H33N3O3S. The van der Waals surface area contributed by atoms with Crippen LogP contribution in [0.4, 0.5) is 5.69 Å². The van der Waals surface area contributed by atoms with E-state index in [1.54, 1.807) is 35.2 Å². The van der Waals surface area contributed by atoms with E-state index in [1.807, 2.05) is 51.1 Å². The van der Waals surface area contributed by atoms with Crippen molar-refractivity contribution in [2.24, 2.45) is 0 Å². The van der Waals surface area contributed by atoms with Gasteiger partial charge >= 0.3 is 0 Å². The van der Waals surface area contributed by atoms with Crippen molar-refractivity contribution in [2.75, 3.05) is 37.0 Å². The van der Waals surface area contributed by atoms with Gasteiger partial charge in [-0.3, -0.25) is 14.0 Å². The lowest BCUT2D eigenvalue weighted by Gasteiger charge is -2.36. The third-order valence-electron chi connectivity index (χ3n) is 6.64. The highest BCUT2D eigenvalue weighted by Gasteiger charge is 2.30. The van der Waals surface area contributed by atoms with Crippen LogP contribution in [-0.2, 0) is 21.4 Å². The molecule has 0 spiro atoms. The number of rotatable bonds is 7. The molecule has 0 saturated carbocycles. The van der Waals surface area contributed by atoms with Crippen LogP contribution in [-0.4, -0.2) is 56.8 Å². The fourth-order valence-corrected chi connectivity index (χ4v) is 5.66. The Hall–Kier alpha value is -3.16. The molecule has 1 aliphatic rings. The van der Waals surface area contributed by atoms with Crippen molar-refractivity contribution >= 4 is 21.6 Å². The van der Waals surface area contributed by atoms with E-state index in [0.717, 1.165) is 36.3 Å². The summed E-state index contributed by atoms with van der Waals surface area (Å²) in [7, 11) is -3.91. The molecule has 0 unspecified atom stereocenters. The lowest BCUT2D eigenvalue weighted by Crippen LogP contribution is -2.51. The minimum Gasteiger partial charge on any atom is -0.339 e. The van der Waals surface area contributed by atoms with E-state index in [0.29, 0.717) is 18.8 Å². The molecular weight excluding hydrogens is 458 g/mol. The molecule has 1 saturated heterocycles. The summed E-state index contributed by atoms with van der Waals surface area (Å²) in [5.74, 6) is -0.182. The summed E-state index contributed by atoms with van der Waals surface area (Å²) in [5, 5.41) is 0. The van der Waals surface area contributed by atoms with E-state index in [-0.39, 0.29) is 17.3 Å². The quantitative estimate of drug-likeness (QED) is 0.498. The second kappa shape index (κ2) is 10.6. The molecule has 1 aliphatic heterocycles. The van der Waals surface area contributed by atoms with Crippen molar-refractivity contribution in [3.8, 4) is 0 Å². The predicted molar refractivity (Wildman–Crippen MR) is 140 cm³/mol. The lowest BCUT2D eigenvalue weighted by atomic mass is 10.1. The van der Waals surface area contributed by atoms with Gasteiger partial charge < -0.3 is 4.90 Å². The predicted octanol–water partition coefficient (Wildman–Crippen LogP) is 4.15.